The Bertz CT molecular complexity index is 860. The second-order valence-electron chi connectivity index (χ2n) is 5.41. The van der Waals surface area contributed by atoms with Crippen molar-refractivity contribution in [2.75, 3.05) is 18.4 Å². The number of carbonyl (C=O) groups is 2. The van der Waals surface area contributed by atoms with E-state index in [2.05, 4.69) is 10.3 Å². The average Bonchev–Trinajstić information content (AvgIpc) is 2.61. The molecular formula is C17H14Cl2F3N3O2. The zero-order valence-corrected chi connectivity index (χ0v) is 15.5. The average molecular weight is 420 g/mol. The minimum absolute atomic E-state index is 0.0257. The Morgan fingerprint density at radius 2 is 1.89 bits per heavy atom. The summed E-state index contributed by atoms with van der Waals surface area (Å²) >= 11 is 11.5. The first kappa shape index (κ1) is 21.0. The molecule has 0 saturated carbocycles. The van der Waals surface area contributed by atoms with Crippen LogP contribution in [0.3, 0.4) is 0 Å². The SMILES string of the molecule is CCN(CC(=O)Nc1ccccc1C(F)(F)F)C(=O)c1cnc(Cl)c(Cl)c1. The zero-order valence-electron chi connectivity index (χ0n) is 14.0. The maximum atomic E-state index is 13.0. The molecule has 1 N–H and O–H groups in total. The van der Waals surface area contributed by atoms with Crippen molar-refractivity contribution in [2.45, 2.75) is 13.1 Å². The monoisotopic (exact) mass is 419 g/mol. The molecule has 1 heterocycles. The molecule has 27 heavy (non-hydrogen) atoms. The topological polar surface area (TPSA) is 62.3 Å². The Balaban J connectivity index is 2.14. The van der Waals surface area contributed by atoms with Gasteiger partial charge in [-0.1, -0.05) is 35.3 Å². The summed E-state index contributed by atoms with van der Waals surface area (Å²) in [4.78, 5) is 29.6. The number of likely N-dealkylation sites (N-methyl/N-ethyl adjacent to an activating group) is 1. The van der Waals surface area contributed by atoms with Gasteiger partial charge in [-0.3, -0.25) is 9.59 Å². The highest BCUT2D eigenvalue weighted by Gasteiger charge is 2.33. The van der Waals surface area contributed by atoms with Crippen LogP contribution in [0.15, 0.2) is 36.5 Å². The van der Waals surface area contributed by atoms with Gasteiger partial charge in [0.05, 0.1) is 21.8 Å². The number of hydrogen-bond acceptors (Lipinski definition) is 3. The Labute approximate surface area is 163 Å². The summed E-state index contributed by atoms with van der Waals surface area (Å²) in [6.07, 6.45) is -3.41. The molecule has 0 bridgehead atoms. The minimum atomic E-state index is -4.62. The van der Waals surface area contributed by atoms with Gasteiger partial charge in [-0.15, -0.1) is 0 Å². The third-order valence-corrected chi connectivity index (χ3v) is 4.24. The van der Waals surface area contributed by atoms with Crippen molar-refractivity contribution in [1.82, 2.24) is 9.88 Å². The van der Waals surface area contributed by atoms with Gasteiger partial charge in [-0.2, -0.15) is 13.2 Å². The van der Waals surface area contributed by atoms with Crippen LogP contribution in [-0.2, 0) is 11.0 Å². The molecular weight excluding hydrogens is 406 g/mol. The van der Waals surface area contributed by atoms with E-state index in [1.54, 1.807) is 6.92 Å². The van der Waals surface area contributed by atoms with Crippen LogP contribution in [0, 0.1) is 0 Å². The number of rotatable bonds is 5. The summed E-state index contributed by atoms with van der Waals surface area (Å²) in [7, 11) is 0. The van der Waals surface area contributed by atoms with Gasteiger partial charge in [-0.25, -0.2) is 4.98 Å². The predicted octanol–water partition coefficient (Wildman–Crippen LogP) is 4.51. The van der Waals surface area contributed by atoms with Gasteiger partial charge >= 0.3 is 6.18 Å². The highest BCUT2D eigenvalue weighted by Crippen LogP contribution is 2.34. The molecule has 0 atom stereocenters. The number of alkyl halides is 3. The predicted molar refractivity (Wildman–Crippen MR) is 95.9 cm³/mol. The van der Waals surface area contributed by atoms with Crippen LogP contribution >= 0.6 is 23.2 Å². The van der Waals surface area contributed by atoms with Crippen molar-refractivity contribution in [1.29, 1.82) is 0 Å². The Kier molecular flexibility index (Phi) is 6.67. The van der Waals surface area contributed by atoms with E-state index in [-0.39, 0.29) is 28.0 Å². The van der Waals surface area contributed by atoms with Crippen molar-refractivity contribution in [3.8, 4) is 0 Å². The molecule has 0 radical (unpaired) electrons. The maximum Gasteiger partial charge on any atom is 0.418 e. The number of anilines is 1. The number of nitrogens with one attached hydrogen (secondary N) is 1. The first-order valence-electron chi connectivity index (χ1n) is 7.70. The molecule has 2 rings (SSSR count). The third-order valence-electron chi connectivity index (χ3n) is 3.55. The molecule has 2 aromatic rings. The number of benzene rings is 1. The second-order valence-corrected chi connectivity index (χ2v) is 6.17. The lowest BCUT2D eigenvalue weighted by molar-refractivity contribution is -0.137. The number of amides is 2. The van der Waals surface area contributed by atoms with Gasteiger partial charge in [0.25, 0.3) is 5.91 Å². The lowest BCUT2D eigenvalue weighted by Gasteiger charge is -2.21. The second kappa shape index (κ2) is 8.58. The molecule has 0 aliphatic rings. The molecule has 5 nitrogen and oxygen atoms in total. The molecule has 144 valence electrons. The Morgan fingerprint density at radius 3 is 2.48 bits per heavy atom. The van der Waals surface area contributed by atoms with Crippen LogP contribution in [0.5, 0.6) is 0 Å². The molecule has 1 aromatic carbocycles. The summed E-state index contributed by atoms with van der Waals surface area (Å²) in [6.45, 7) is 1.33. The fraction of sp³-hybridized carbons (Fsp3) is 0.235. The van der Waals surface area contributed by atoms with Crippen LogP contribution in [0.2, 0.25) is 10.2 Å². The number of carbonyl (C=O) groups excluding carboxylic acids is 2. The van der Waals surface area contributed by atoms with Crippen LogP contribution in [-0.4, -0.2) is 34.8 Å². The third kappa shape index (κ3) is 5.33. The highest BCUT2D eigenvalue weighted by molar-refractivity contribution is 6.41. The van der Waals surface area contributed by atoms with Gasteiger partial charge in [0.15, 0.2) is 0 Å². The first-order valence-corrected chi connectivity index (χ1v) is 8.45. The van der Waals surface area contributed by atoms with Gasteiger partial charge in [-0.05, 0) is 25.1 Å². The summed E-state index contributed by atoms with van der Waals surface area (Å²) in [5, 5.41) is 2.29. The Hall–Kier alpha value is -2.32. The van der Waals surface area contributed by atoms with E-state index < -0.39 is 30.1 Å². The molecule has 10 heteroatoms. The largest absolute Gasteiger partial charge is 0.418 e. The fourth-order valence-electron chi connectivity index (χ4n) is 2.25. The zero-order chi connectivity index (χ0) is 20.2. The van der Waals surface area contributed by atoms with Gasteiger partial charge < -0.3 is 10.2 Å². The normalized spacial score (nSPS) is 11.2. The summed E-state index contributed by atoms with van der Waals surface area (Å²) in [5.41, 5.74) is -1.24. The maximum absolute atomic E-state index is 13.0. The van der Waals surface area contributed by atoms with Crippen LogP contribution in [0.1, 0.15) is 22.8 Å². The fourth-order valence-corrected chi connectivity index (χ4v) is 2.52. The minimum Gasteiger partial charge on any atom is -0.330 e. The van der Waals surface area contributed by atoms with E-state index in [0.29, 0.717) is 0 Å². The molecule has 0 unspecified atom stereocenters. The quantitative estimate of drug-likeness (QED) is 0.725. The number of nitrogens with zero attached hydrogens (tertiary/aromatic N) is 2. The van der Waals surface area contributed by atoms with Crippen molar-refractivity contribution in [2.24, 2.45) is 0 Å². The van der Waals surface area contributed by atoms with E-state index >= 15 is 0 Å². The molecule has 0 fully saturated rings. The molecule has 0 saturated heterocycles. The lowest BCUT2D eigenvalue weighted by Crippen LogP contribution is -2.38. The van der Waals surface area contributed by atoms with Gasteiger partial charge in [0.1, 0.15) is 11.7 Å². The lowest BCUT2D eigenvalue weighted by atomic mass is 10.1. The van der Waals surface area contributed by atoms with Gasteiger partial charge in [0.2, 0.25) is 5.91 Å². The van der Waals surface area contributed by atoms with Crippen molar-refractivity contribution >= 4 is 40.7 Å². The first-order chi connectivity index (χ1) is 12.6. The van der Waals surface area contributed by atoms with E-state index in [9.17, 15) is 22.8 Å². The number of halogens is 5. The van der Waals surface area contributed by atoms with E-state index in [4.69, 9.17) is 23.2 Å². The van der Waals surface area contributed by atoms with Crippen LogP contribution < -0.4 is 5.32 Å². The standard InChI is InChI=1S/C17H14Cl2F3N3O2/c1-2-25(16(27)10-7-12(18)15(19)23-8-10)9-14(26)24-13-6-4-3-5-11(13)17(20,21)22/h3-8H,2,9H2,1H3,(H,24,26). The van der Waals surface area contributed by atoms with E-state index in [0.717, 1.165) is 17.0 Å². The van der Waals surface area contributed by atoms with Gasteiger partial charge in [0, 0.05) is 12.7 Å². The van der Waals surface area contributed by atoms with E-state index in [1.807, 2.05) is 0 Å². The van der Waals surface area contributed by atoms with Crippen molar-refractivity contribution in [3.05, 3.63) is 57.8 Å². The smallest absolute Gasteiger partial charge is 0.330 e. The molecule has 0 aliphatic carbocycles. The number of hydrogen-bond donors (Lipinski definition) is 1. The molecule has 1 aromatic heterocycles. The molecule has 0 spiro atoms. The number of aromatic nitrogens is 1. The van der Waals surface area contributed by atoms with E-state index in [1.165, 1.54) is 24.4 Å². The van der Waals surface area contributed by atoms with Crippen LogP contribution in [0.25, 0.3) is 0 Å². The number of pyridine rings is 1. The Morgan fingerprint density at radius 1 is 1.22 bits per heavy atom. The highest BCUT2D eigenvalue weighted by atomic mass is 35.5. The summed E-state index contributed by atoms with van der Waals surface area (Å²) in [5.74, 6) is -1.32. The summed E-state index contributed by atoms with van der Waals surface area (Å²) in [6, 6.07) is 5.90. The molecule has 2 amide bonds. The van der Waals surface area contributed by atoms with Crippen molar-refractivity contribution in [3.63, 3.8) is 0 Å². The molecule has 0 aliphatic heterocycles. The van der Waals surface area contributed by atoms with Crippen LogP contribution in [0.4, 0.5) is 18.9 Å². The van der Waals surface area contributed by atoms with Crippen molar-refractivity contribution < 1.29 is 22.8 Å². The number of para-hydroxylation sites is 1. The summed E-state index contributed by atoms with van der Waals surface area (Å²) < 4.78 is 39.0.